The zero-order chi connectivity index (χ0) is 19.1. The number of thioether (sulfide) groups is 1. The molecule has 1 N–H and O–H groups in total. The third-order valence-electron chi connectivity index (χ3n) is 4.11. The van der Waals surface area contributed by atoms with Crippen LogP contribution in [0.1, 0.15) is 6.92 Å². The number of morpholine rings is 1. The second kappa shape index (κ2) is 9.89. The molecule has 1 aromatic rings. The fourth-order valence-electron chi connectivity index (χ4n) is 2.81. The van der Waals surface area contributed by atoms with Crippen LogP contribution in [0.15, 0.2) is 29.2 Å². The SMILES string of the molecule is CC(CSc1ccc(F)cc1)C(=O)N1CCOC(CN(C)CC(=O)O)C1. The fraction of sp³-hybridized carbons (Fsp3) is 0.556. The number of nitrogens with zero attached hydrogens (tertiary/aromatic N) is 2. The van der Waals surface area contributed by atoms with Gasteiger partial charge in [-0.15, -0.1) is 11.8 Å². The van der Waals surface area contributed by atoms with Crippen LogP contribution in [0.25, 0.3) is 0 Å². The Morgan fingerprint density at radius 2 is 2.12 bits per heavy atom. The van der Waals surface area contributed by atoms with Crippen molar-refractivity contribution < 1.29 is 23.8 Å². The molecule has 0 spiro atoms. The summed E-state index contributed by atoms with van der Waals surface area (Å²) in [5, 5.41) is 8.82. The summed E-state index contributed by atoms with van der Waals surface area (Å²) < 4.78 is 18.6. The van der Waals surface area contributed by atoms with E-state index in [9.17, 15) is 14.0 Å². The van der Waals surface area contributed by atoms with Crippen LogP contribution in [0, 0.1) is 11.7 Å². The average molecular weight is 384 g/mol. The first-order chi connectivity index (χ1) is 12.3. The fourth-order valence-corrected chi connectivity index (χ4v) is 3.72. The van der Waals surface area contributed by atoms with Crippen molar-refractivity contribution in [3.05, 3.63) is 30.1 Å². The molecule has 1 aromatic carbocycles. The van der Waals surface area contributed by atoms with Gasteiger partial charge in [-0.25, -0.2) is 4.39 Å². The molecule has 1 aliphatic rings. The van der Waals surface area contributed by atoms with Gasteiger partial charge in [-0.05, 0) is 31.3 Å². The summed E-state index contributed by atoms with van der Waals surface area (Å²) in [6, 6.07) is 6.24. The Morgan fingerprint density at radius 3 is 2.77 bits per heavy atom. The van der Waals surface area contributed by atoms with Crippen LogP contribution in [0.5, 0.6) is 0 Å². The number of amides is 1. The Balaban J connectivity index is 1.81. The summed E-state index contributed by atoms with van der Waals surface area (Å²) >= 11 is 1.53. The summed E-state index contributed by atoms with van der Waals surface area (Å²) in [5.74, 6) is -0.645. The zero-order valence-electron chi connectivity index (χ0n) is 15.1. The third-order valence-corrected chi connectivity index (χ3v) is 5.38. The van der Waals surface area contributed by atoms with Gasteiger partial charge >= 0.3 is 5.97 Å². The highest BCUT2D eigenvalue weighted by Crippen LogP contribution is 2.22. The maximum Gasteiger partial charge on any atom is 0.317 e. The maximum atomic E-state index is 12.9. The van der Waals surface area contributed by atoms with Crippen molar-refractivity contribution in [1.29, 1.82) is 0 Å². The van der Waals surface area contributed by atoms with Gasteiger partial charge in [0, 0.05) is 36.2 Å². The van der Waals surface area contributed by atoms with Gasteiger partial charge < -0.3 is 14.7 Å². The maximum absolute atomic E-state index is 12.9. The smallest absolute Gasteiger partial charge is 0.317 e. The van der Waals surface area contributed by atoms with Crippen LogP contribution in [-0.4, -0.2) is 78.5 Å². The van der Waals surface area contributed by atoms with Crippen LogP contribution in [0.4, 0.5) is 4.39 Å². The van der Waals surface area contributed by atoms with E-state index in [0.29, 0.717) is 32.0 Å². The lowest BCUT2D eigenvalue weighted by atomic mass is 10.1. The molecule has 144 valence electrons. The largest absolute Gasteiger partial charge is 0.480 e. The van der Waals surface area contributed by atoms with Crippen LogP contribution in [0.3, 0.4) is 0 Å². The molecule has 0 aromatic heterocycles. The van der Waals surface area contributed by atoms with E-state index in [1.165, 1.54) is 23.9 Å². The van der Waals surface area contributed by atoms with Crippen molar-refractivity contribution in [3.8, 4) is 0 Å². The number of carbonyl (C=O) groups excluding carboxylic acids is 1. The van der Waals surface area contributed by atoms with Crippen molar-refractivity contribution in [3.63, 3.8) is 0 Å². The minimum absolute atomic E-state index is 0.0570. The van der Waals surface area contributed by atoms with Gasteiger partial charge in [0.15, 0.2) is 0 Å². The number of hydrogen-bond donors (Lipinski definition) is 1. The van der Waals surface area contributed by atoms with Gasteiger partial charge in [0.2, 0.25) is 5.91 Å². The monoisotopic (exact) mass is 384 g/mol. The second-order valence-corrected chi connectivity index (χ2v) is 7.63. The molecule has 0 aliphatic carbocycles. The van der Waals surface area contributed by atoms with Gasteiger partial charge in [-0.1, -0.05) is 6.92 Å². The number of benzene rings is 1. The highest BCUT2D eigenvalue weighted by atomic mass is 32.2. The molecule has 0 radical (unpaired) electrons. The van der Waals surface area contributed by atoms with Gasteiger partial charge in [-0.2, -0.15) is 0 Å². The average Bonchev–Trinajstić information content (AvgIpc) is 2.59. The Labute approximate surface area is 157 Å². The van der Waals surface area contributed by atoms with E-state index in [4.69, 9.17) is 9.84 Å². The summed E-state index contributed by atoms with van der Waals surface area (Å²) in [6.07, 6.45) is -0.186. The molecule has 2 unspecified atom stereocenters. The lowest BCUT2D eigenvalue weighted by Crippen LogP contribution is -2.51. The third kappa shape index (κ3) is 6.59. The van der Waals surface area contributed by atoms with Crippen molar-refractivity contribution in [2.75, 3.05) is 45.6 Å². The summed E-state index contributed by atoms with van der Waals surface area (Å²) in [4.78, 5) is 27.8. The molecule has 1 amide bonds. The Bertz CT molecular complexity index is 614. The first kappa shape index (κ1) is 20.7. The van der Waals surface area contributed by atoms with E-state index < -0.39 is 5.97 Å². The molecule has 2 atom stereocenters. The number of likely N-dealkylation sites (N-methyl/N-ethyl adjacent to an activating group) is 1. The lowest BCUT2D eigenvalue weighted by molar-refractivity contribution is -0.144. The first-order valence-corrected chi connectivity index (χ1v) is 9.53. The Kier molecular flexibility index (Phi) is 7.86. The van der Waals surface area contributed by atoms with Gasteiger partial charge in [-0.3, -0.25) is 14.5 Å². The number of carbonyl (C=O) groups is 2. The summed E-state index contributed by atoms with van der Waals surface area (Å²) in [6.45, 7) is 3.76. The summed E-state index contributed by atoms with van der Waals surface area (Å²) in [5.41, 5.74) is 0. The van der Waals surface area contributed by atoms with Crippen LogP contribution < -0.4 is 0 Å². The number of hydrogen-bond acceptors (Lipinski definition) is 5. The number of rotatable bonds is 8. The second-order valence-electron chi connectivity index (χ2n) is 6.53. The van der Waals surface area contributed by atoms with E-state index in [-0.39, 0.29) is 30.3 Å². The number of carboxylic acids is 1. The highest BCUT2D eigenvalue weighted by Gasteiger charge is 2.28. The van der Waals surface area contributed by atoms with Crippen molar-refractivity contribution in [2.24, 2.45) is 5.92 Å². The van der Waals surface area contributed by atoms with E-state index in [2.05, 4.69) is 0 Å². The molecule has 1 aliphatic heterocycles. The van der Waals surface area contributed by atoms with E-state index >= 15 is 0 Å². The Morgan fingerprint density at radius 1 is 1.42 bits per heavy atom. The van der Waals surface area contributed by atoms with Crippen molar-refractivity contribution >= 4 is 23.6 Å². The van der Waals surface area contributed by atoms with Crippen LogP contribution in [-0.2, 0) is 14.3 Å². The molecule has 1 fully saturated rings. The molecular formula is C18H25FN2O4S. The first-order valence-electron chi connectivity index (χ1n) is 8.54. The molecule has 26 heavy (non-hydrogen) atoms. The molecule has 0 saturated carbocycles. The summed E-state index contributed by atoms with van der Waals surface area (Å²) in [7, 11) is 1.72. The standard InChI is InChI=1S/C18H25FN2O4S/c1-13(12-26-16-5-3-14(19)4-6-16)18(24)21-7-8-25-15(10-21)9-20(2)11-17(22)23/h3-6,13,15H,7-12H2,1-2H3,(H,22,23). The van der Waals surface area contributed by atoms with Gasteiger partial charge in [0.25, 0.3) is 0 Å². The number of carboxylic acid groups (broad SMARTS) is 1. The normalized spacial score (nSPS) is 18.8. The van der Waals surface area contributed by atoms with Crippen molar-refractivity contribution in [2.45, 2.75) is 17.9 Å². The van der Waals surface area contributed by atoms with E-state index in [1.54, 1.807) is 29.0 Å². The number of ether oxygens (including phenoxy) is 1. The van der Waals surface area contributed by atoms with Crippen molar-refractivity contribution in [1.82, 2.24) is 9.80 Å². The minimum atomic E-state index is -0.886. The molecule has 0 bridgehead atoms. The molecule has 1 heterocycles. The van der Waals surface area contributed by atoms with E-state index in [1.807, 2.05) is 6.92 Å². The van der Waals surface area contributed by atoms with E-state index in [0.717, 1.165) is 4.90 Å². The molecular weight excluding hydrogens is 359 g/mol. The van der Waals surface area contributed by atoms with Crippen LogP contribution in [0.2, 0.25) is 0 Å². The van der Waals surface area contributed by atoms with Gasteiger partial charge in [0.1, 0.15) is 5.82 Å². The predicted octanol–water partition coefficient (Wildman–Crippen LogP) is 1.80. The molecule has 6 nitrogen and oxygen atoms in total. The van der Waals surface area contributed by atoms with Gasteiger partial charge in [0.05, 0.1) is 19.3 Å². The topological polar surface area (TPSA) is 70.1 Å². The highest BCUT2D eigenvalue weighted by molar-refractivity contribution is 7.99. The molecule has 8 heteroatoms. The zero-order valence-corrected chi connectivity index (χ0v) is 15.9. The quantitative estimate of drug-likeness (QED) is 0.690. The molecule has 1 saturated heterocycles. The minimum Gasteiger partial charge on any atom is -0.480 e. The lowest BCUT2D eigenvalue weighted by Gasteiger charge is -2.35. The predicted molar refractivity (Wildman–Crippen MR) is 97.7 cm³/mol. The number of halogens is 1. The van der Waals surface area contributed by atoms with Crippen LogP contribution >= 0.6 is 11.8 Å². The molecule has 2 rings (SSSR count). The number of aliphatic carboxylic acids is 1. The Hall–Kier alpha value is -1.64.